The highest BCUT2D eigenvalue weighted by Gasteiger charge is 2.28. The van der Waals surface area contributed by atoms with Crippen LogP contribution in [0.3, 0.4) is 0 Å². The zero-order valence-corrected chi connectivity index (χ0v) is 12.2. The Labute approximate surface area is 117 Å². The second-order valence-electron chi connectivity index (χ2n) is 5.08. The van der Waals surface area contributed by atoms with Crippen LogP contribution in [0.2, 0.25) is 0 Å². The molecule has 1 fully saturated rings. The molecular weight excluding hydrogens is 258 g/mol. The molecule has 3 heterocycles. The van der Waals surface area contributed by atoms with Gasteiger partial charge in [-0.15, -0.1) is 11.3 Å². The Kier molecular flexibility index (Phi) is 3.61. The fourth-order valence-corrected chi connectivity index (χ4v) is 3.32. The van der Waals surface area contributed by atoms with Gasteiger partial charge in [0.1, 0.15) is 5.82 Å². The van der Waals surface area contributed by atoms with E-state index in [1.54, 1.807) is 11.3 Å². The molecule has 0 aliphatic carbocycles. The van der Waals surface area contributed by atoms with Gasteiger partial charge in [0.25, 0.3) is 0 Å². The molecule has 0 radical (unpaired) electrons. The number of rotatable bonds is 4. The molecule has 0 aromatic carbocycles. The molecule has 102 valence electrons. The number of likely N-dealkylation sites (tertiary alicyclic amines) is 1. The summed E-state index contributed by atoms with van der Waals surface area (Å²) in [6.07, 6.45) is 3.41. The lowest BCUT2D eigenvalue weighted by molar-refractivity contribution is 0.251. The van der Waals surface area contributed by atoms with E-state index in [0.29, 0.717) is 6.04 Å². The predicted molar refractivity (Wildman–Crippen MR) is 75.2 cm³/mol. The maximum atomic E-state index is 4.53. The second-order valence-corrected chi connectivity index (χ2v) is 6.14. The fourth-order valence-electron chi connectivity index (χ4n) is 2.68. The molecule has 6 heteroatoms. The van der Waals surface area contributed by atoms with Gasteiger partial charge in [0.05, 0.1) is 16.7 Å². The monoisotopic (exact) mass is 277 g/mol. The quantitative estimate of drug-likeness (QED) is 0.931. The molecule has 3 rings (SSSR count). The first-order chi connectivity index (χ1) is 9.22. The van der Waals surface area contributed by atoms with Crippen LogP contribution in [0.15, 0.2) is 5.38 Å². The van der Waals surface area contributed by atoms with E-state index in [9.17, 15) is 0 Å². The molecule has 0 unspecified atom stereocenters. The third-order valence-electron chi connectivity index (χ3n) is 3.60. The first kappa shape index (κ1) is 12.7. The van der Waals surface area contributed by atoms with E-state index in [1.807, 2.05) is 6.92 Å². The van der Waals surface area contributed by atoms with Crippen molar-refractivity contribution in [3.63, 3.8) is 0 Å². The number of thiazole rings is 1. The molecule has 2 aromatic rings. The van der Waals surface area contributed by atoms with E-state index in [2.05, 4.69) is 37.4 Å². The normalized spacial score (nSPS) is 20.2. The van der Waals surface area contributed by atoms with Crippen molar-refractivity contribution in [1.29, 1.82) is 0 Å². The molecule has 1 aliphatic heterocycles. The third-order valence-corrected chi connectivity index (χ3v) is 4.42. The predicted octanol–water partition coefficient (Wildman–Crippen LogP) is 2.26. The average molecular weight is 277 g/mol. The van der Waals surface area contributed by atoms with Crippen LogP contribution < -0.4 is 0 Å². The molecule has 0 bridgehead atoms. The Bertz CT molecular complexity index is 547. The van der Waals surface area contributed by atoms with E-state index in [4.69, 9.17) is 0 Å². The van der Waals surface area contributed by atoms with Gasteiger partial charge in [0.2, 0.25) is 0 Å². The maximum Gasteiger partial charge on any atom is 0.167 e. The summed E-state index contributed by atoms with van der Waals surface area (Å²) in [5.74, 6) is 1.85. The summed E-state index contributed by atoms with van der Waals surface area (Å²) in [5.41, 5.74) is 1.21. The van der Waals surface area contributed by atoms with Crippen molar-refractivity contribution >= 4 is 11.3 Å². The van der Waals surface area contributed by atoms with E-state index >= 15 is 0 Å². The van der Waals surface area contributed by atoms with E-state index < -0.39 is 0 Å². The third kappa shape index (κ3) is 2.84. The highest BCUT2D eigenvalue weighted by atomic mass is 32.1. The lowest BCUT2D eigenvalue weighted by atomic mass is 10.2. The molecular formula is C13H19N5S. The van der Waals surface area contributed by atoms with Gasteiger partial charge < -0.3 is 0 Å². The Morgan fingerprint density at radius 1 is 1.42 bits per heavy atom. The van der Waals surface area contributed by atoms with Crippen LogP contribution in [-0.2, 0) is 6.42 Å². The lowest BCUT2D eigenvalue weighted by Gasteiger charge is -2.21. The van der Waals surface area contributed by atoms with Crippen LogP contribution in [0.1, 0.15) is 41.2 Å². The molecule has 1 aliphatic rings. The average Bonchev–Trinajstić information content (AvgIpc) is 3.07. The van der Waals surface area contributed by atoms with Gasteiger partial charge in [-0.2, -0.15) is 5.10 Å². The van der Waals surface area contributed by atoms with Crippen LogP contribution in [0.4, 0.5) is 0 Å². The number of nitrogens with one attached hydrogen (secondary N) is 1. The smallest absolute Gasteiger partial charge is 0.167 e. The minimum absolute atomic E-state index is 0.379. The molecule has 0 saturated carbocycles. The molecule has 0 spiro atoms. The Morgan fingerprint density at radius 3 is 3.00 bits per heavy atom. The number of aromatic nitrogens is 4. The first-order valence-corrected chi connectivity index (χ1v) is 7.64. The van der Waals surface area contributed by atoms with Gasteiger partial charge >= 0.3 is 0 Å². The van der Waals surface area contributed by atoms with Gasteiger partial charge in [0, 0.05) is 18.3 Å². The Morgan fingerprint density at radius 2 is 2.32 bits per heavy atom. The van der Waals surface area contributed by atoms with Gasteiger partial charge in [-0.05, 0) is 33.2 Å². The van der Waals surface area contributed by atoms with Crippen molar-refractivity contribution in [2.24, 2.45) is 0 Å². The number of aryl methyl sites for hydroxylation is 2. The van der Waals surface area contributed by atoms with Gasteiger partial charge in [-0.25, -0.2) is 9.97 Å². The van der Waals surface area contributed by atoms with Gasteiger partial charge in [-0.1, -0.05) is 0 Å². The largest absolute Gasteiger partial charge is 0.293 e. The van der Waals surface area contributed by atoms with Crippen LogP contribution in [0.25, 0.3) is 0 Å². The first-order valence-electron chi connectivity index (χ1n) is 6.76. The topological polar surface area (TPSA) is 57.7 Å². The molecule has 19 heavy (non-hydrogen) atoms. The van der Waals surface area contributed by atoms with Gasteiger partial charge in [-0.3, -0.25) is 10.00 Å². The van der Waals surface area contributed by atoms with E-state index in [0.717, 1.165) is 42.6 Å². The van der Waals surface area contributed by atoms with Crippen molar-refractivity contribution < 1.29 is 0 Å². The summed E-state index contributed by atoms with van der Waals surface area (Å²) >= 11 is 1.73. The zero-order valence-electron chi connectivity index (χ0n) is 11.4. The summed E-state index contributed by atoms with van der Waals surface area (Å²) in [7, 11) is 0. The van der Waals surface area contributed by atoms with Crippen molar-refractivity contribution in [1.82, 2.24) is 25.1 Å². The number of aromatic amines is 1. The number of H-pyrrole nitrogens is 1. The van der Waals surface area contributed by atoms with Crippen LogP contribution in [-0.4, -0.2) is 38.2 Å². The van der Waals surface area contributed by atoms with E-state index in [-0.39, 0.29) is 0 Å². The fraction of sp³-hybridized carbons (Fsp3) is 0.615. The van der Waals surface area contributed by atoms with Crippen LogP contribution >= 0.6 is 11.3 Å². The molecule has 2 aromatic heterocycles. The summed E-state index contributed by atoms with van der Waals surface area (Å²) in [5, 5.41) is 10.6. The highest BCUT2D eigenvalue weighted by molar-refractivity contribution is 7.09. The lowest BCUT2D eigenvalue weighted by Crippen LogP contribution is -2.26. The van der Waals surface area contributed by atoms with Crippen molar-refractivity contribution in [2.45, 2.75) is 39.2 Å². The number of nitrogens with zero attached hydrogens (tertiary/aromatic N) is 4. The number of hydrogen-bond acceptors (Lipinski definition) is 5. The molecule has 1 N–H and O–H groups in total. The van der Waals surface area contributed by atoms with Crippen molar-refractivity contribution in [3.8, 4) is 0 Å². The molecule has 5 nitrogen and oxygen atoms in total. The minimum Gasteiger partial charge on any atom is -0.293 e. The zero-order chi connectivity index (χ0) is 13.2. The minimum atomic E-state index is 0.379. The number of hydrogen-bond donors (Lipinski definition) is 1. The SMILES string of the molecule is Cc1nc([C@@H]2CCCN2CCc2csc(C)n2)n[nH]1. The molecule has 1 atom stereocenters. The summed E-state index contributed by atoms with van der Waals surface area (Å²) < 4.78 is 0. The summed E-state index contributed by atoms with van der Waals surface area (Å²) in [6.45, 7) is 6.19. The molecule has 0 amide bonds. The Balaban J connectivity index is 1.63. The van der Waals surface area contributed by atoms with Crippen molar-refractivity contribution in [2.75, 3.05) is 13.1 Å². The second kappa shape index (κ2) is 5.38. The van der Waals surface area contributed by atoms with Gasteiger partial charge in [0.15, 0.2) is 5.82 Å². The Hall–Kier alpha value is -1.27. The molecule has 1 saturated heterocycles. The highest BCUT2D eigenvalue weighted by Crippen LogP contribution is 2.29. The van der Waals surface area contributed by atoms with Crippen LogP contribution in [0, 0.1) is 13.8 Å². The van der Waals surface area contributed by atoms with Crippen LogP contribution in [0.5, 0.6) is 0 Å². The summed E-state index contributed by atoms with van der Waals surface area (Å²) in [4.78, 5) is 11.5. The summed E-state index contributed by atoms with van der Waals surface area (Å²) in [6, 6.07) is 0.379. The van der Waals surface area contributed by atoms with E-state index in [1.165, 1.54) is 12.1 Å². The standard InChI is InChI=1S/C13H19N5S/c1-9-14-13(17-16-9)12-4-3-6-18(12)7-5-11-8-19-10(2)15-11/h8,12H,3-7H2,1-2H3,(H,14,16,17)/t12-/m0/s1. The maximum absolute atomic E-state index is 4.53. The van der Waals surface area contributed by atoms with Crippen molar-refractivity contribution in [3.05, 3.63) is 27.7 Å².